The maximum absolute atomic E-state index is 5.78. The maximum Gasteiger partial charge on any atom is 0.0931 e. The van der Waals surface area contributed by atoms with Gasteiger partial charge in [-0.2, -0.15) is 0 Å². The molecule has 1 N–H and O–H groups in total. The molecule has 0 fully saturated rings. The van der Waals surface area contributed by atoms with Crippen molar-refractivity contribution in [2.24, 2.45) is 0 Å². The van der Waals surface area contributed by atoms with Gasteiger partial charge in [0.2, 0.25) is 0 Å². The van der Waals surface area contributed by atoms with E-state index in [2.05, 4.69) is 11.4 Å². The van der Waals surface area contributed by atoms with Crippen molar-refractivity contribution in [1.29, 1.82) is 0 Å². The van der Waals surface area contributed by atoms with Crippen molar-refractivity contribution < 1.29 is 0 Å². The van der Waals surface area contributed by atoms with Gasteiger partial charge < -0.3 is 5.32 Å². The molecule has 11 heavy (non-hydrogen) atoms. The Morgan fingerprint density at radius 3 is 2.91 bits per heavy atom. The first-order chi connectivity index (χ1) is 5.33. The van der Waals surface area contributed by atoms with Crippen molar-refractivity contribution in [3.05, 3.63) is 21.3 Å². The van der Waals surface area contributed by atoms with Gasteiger partial charge in [0.1, 0.15) is 0 Å². The van der Waals surface area contributed by atoms with E-state index in [-0.39, 0.29) is 0 Å². The van der Waals surface area contributed by atoms with Gasteiger partial charge in [0, 0.05) is 4.88 Å². The molecule has 0 aliphatic rings. The zero-order valence-electron chi connectivity index (χ0n) is 6.56. The Bertz CT molecular complexity index is 210. The molecular weight excluding hydrogens is 178 g/mol. The summed E-state index contributed by atoms with van der Waals surface area (Å²) in [4.78, 5) is 1.38. The van der Waals surface area contributed by atoms with Crippen LogP contribution in [-0.2, 0) is 6.42 Å². The predicted octanol–water partition coefficient (Wildman–Crippen LogP) is 2.55. The van der Waals surface area contributed by atoms with Gasteiger partial charge in [-0.25, -0.2) is 0 Å². The Morgan fingerprint density at radius 2 is 2.36 bits per heavy atom. The lowest BCUT2D eigenvalue weighted by Gasteiger charge is -1.95. The fourth-order valence-electron chi connectivity index (χ4n) is 0.926. The highest BCUT2D eigenvalue weighted by molar-refractivity contribution is 7.16. The average molecular weight is 190 g/mol. The molecule has 0 spiro atoms. The van der Waals surface area contributed by atoms with Crippen molar-refractivity contribution in [3.63, 3.8) is 0 Å². The summed E-state index contributed by atoms with van der Waals surface area (Å²) in [5.41, 5.74) is 0. The lowest BCUT2D eigenvalue weighted by Crippen LogP contribution is -2.07. The number of rotatable bonds is 4. The molecule has 0 atom stereocenters. The molecule has 0 unspecified atom stereocenters. The molecule has 3 heteroatoms. The van der Waals surface area contributed by atoms with Crippen LogP contribution in [0.25, 0.3) is 0 Å². The fourth-order valence-corrected chi connectivity index (χ4v) is 2.05. The Hall–Kier alpha value is -0.0500. The number of aryl methyl sites for hydroxylation is 1. The van der Waals surface area contributed by atoms with E-state index in [1.807, 2.05) is 13.1 Å². The molecule has 0 saturated heterocycles. The molecule has 1 nitrogen and oxygen atoms in total. The summed E-state index contributed by atoms with van der Waals surface area (Å²) < 4.78 is 0.893. The lowest BCUT2D eigenvalue weighted by molar-refractivity contribution is 0.729. The number of thiophene rings is 1. The molecule has 1 aromatic rings. The van der Waals surface area contributed by atoms with Gasteiger partial charge in [-0.3, -0.25) is 0 Å². The third kappa shape index (κ3) is 3.23. The first-order valence-electron chi connectivity index (χ1n) is 3.72. The van der Waals surface area contributed by atoms with Crippen LogP contribution in [0.15, 0.2) is 12.1 Å². The largest absolute Gasteiger partial charge is 0.320 e. The van der Waals surface area contributed by atoms with Crippen LogP contribution in [0.2, 0.25) is 4.34 Å². The topological polar surface area (TPSA) is 12.0 Å². The van der Waals surface area contributed by atoms with Crippen LogP contribution < -0.4 is 5.32 Å². The van der Waals surface area contributed by atoms with E-state index >= 15 is 0 Å². The van der Waals surface area contributed by atoms with Crippen molar-refractivity contribution in [3.8, 4) is 0 Å². The fraction of sp³-hybridized carbons (Fsp3) is 0.500. The van der Waals surface area contributed by atoms with Crippen LogP contribution in [0.1, 0.15) is 11.3 Å². The molecule has 1 rings (SSSR count). The van der Waals surface area contributed by atoms with Crippen LogP contribution in [0, 0.1) is 0 Å². The SMILES string of the molecule is CNCCCc1ccc(Cl)s1. The smallest absolute Gasteiger partial charge is 0.0931 e. The molecule has 1 heterocycles. The van der Waals surface area contributed by atoms with Crippen molar-refractivity contribution in [2.75, 3.05) is 13.6 Å². The molecule has 0 aromatic carbocycles. The summed E-state index contributed by atoms with van der Waals surface area (Å²) in [6.45, 7) is 1.08. The normalized spacial score (nSPS) is 10.4. The van der Waals surface area contributed by atoms with Gasteiger partial charge in [0.05, 0.1) is 4.34 Å². The summed E-state index contributed by atoms with van der Waals surface area (Å²) in [6.07, 6.45) is 2.32. The van der Waals surface area contributed by atoms with Crippen molar-refractivity contribution in [1.82, 2.24) is 5.32 Å². The molecule has 1 aromatic heterocycles. The number of hydrogen-bond donors (Lipinski definition) is 1. The van der Waals surface area contributed by atoms with E-state index in [4.69, 9.17) is 11.6 Å². The molecular formula is C8H12ClNS. The summed E-state index contributed by atoms with van der Waals surface area (Å²) in [6, 6.07) is 4.06. The van der Waals surface area contributed by atoms with E-state index in [1.54, 1.807) is 11.3 Å². The van der Waals surface area contributed by atoms with Crippen molar-refractivity contribution in [2.45, 2.75) is 12.8 Å². The summed E-state index contributed by atoms with van der Waals surface area (Å²) in [5, 5.41) is 3.12. The van der Waals surface area contributed by atoms with Crippen molar-refractivity contribution >= 4 is 22.9 Å². The van der Waals surface area contributed by atoms with Gasteiger partial charge >= 0.3 is 0 Å². The van der Waals surface area contributed by atoms with Crippen LogP contribution in [0.3, 0.4) is 0 Å². The second kappa shape index (κ2) is 4.75. The Labute approximate surface area is 76.4 Å². The number of nitrogens with one attached hydrogen (secondary N) is 1. The molecule has 0 radical (unpaired) electrons. The van der Waals surface area contributed by atoms with Gasteiger partial charge in [-0.15, -0.1) is 11.3 Å². The Morgan fingerprint density at radius 1 is 1.55 bits per heavy atom. The highest BCUT2D eigenvalue weighted by Gasteiger charge is 1.96. The van der Waals surface area contributed by atoms with E-state index < -0.39 is 0 Å². The van der Waals surface area contributed by atoms with Crippen LogP contribution in [0.5, 0.6) is 0 Å². The quantitative estimate of drug-likeness (QED) is 0.718. The van der Waals surface area contributed by atoms with Gasteiger partial charge in [-0.05, 0) is 38.6 Å². The standard InChI is InChI=1S/C8H12ClNS/c1-10-6-2-3-7-4-5-8(9)11-7/h4-5,10H,2-3,6H2,1H3. The minimum Gasteiger partial charge on any atom is -0.320 e. The second-order valence-electron chi connectivity index (χ2n) is 2.41. The second-order valence-corrected chi connectivity index (χ2v) is 4.21. The molecule has 0 amide bonds. The highest BCUT2D eigenvalue weighted by atomic mass is 35.5. The van der Waals surface area contributed by atoms with E-state index in [1.165, 1.54) is 11.3 Å². The molecule has 62 valence electrons. The zero-order chi connectivity index (χ0) is 8.10. The van der Waals surface area contributed by atoms with E-state index in [0.29, 0.717) is 0 Å². The maximum atomic E-state index is 5.78. The minimum absolute atomic E-state index is 0.893. The number of halogens is 1. The predicted molar refractivity (Wildman–Crippen MR) is 51.6 cm³/mol. The zero-order valence-corrected chi connectivity index (χ0v) is 8.13. The molecule has 0 bridgehead atoms. The molecule has 0 aliphatic heterocycles. The lowest BCUT2D eigenvalue weighted by atomic mass is 10.3. The molecule has 0 saturated carbocycles. The van der Waals surface area contributed by atoms with Gasteiger partial charge in [-0.1, -0.05) is 11.6 Å². The van der Waals surface area contributed by atoms with Gasteiger partial charge in [0.15, 0.2) is 0 Å². The number of hydrogen-bond acceptors (Lipinski definition) is 2. The summed E-state index contributed by atoms with van der Waals surface area (Å²) >= 11 is 7.45. The first-order valence-corrected chi connectivity index (χ1v) is 4.91. The third-order valence-electron chi connectivity index (χ3n) is 1.48. The monoisotopic (exact) mass is 189 g/mol. The Kier molecular flexibility index (Phi) is 3.91. The first kappa shape index (κ1) is 9.04. The van der Waals surface area contributed by atoms with E-state index in [9.17, 15) is 0 Å². The molecule has 0 aliphatic carbocycles. The van der Waals surface area contributed by atoms with Crippen LogP contribution in [0.4, 0.5) is 0 Å². The van der Waals surface area contributed by atoms with E-state index in [0.717, 1.165) is 17.3 Å². The van der Waals surface area contributed by atoms with Crippen LogP contribution >= 0.6 is 22.9 Å². The summed E-state index contributed by atoms with van der Waals surface area (Å²) in [7, 11) is 1.97. The summed E-state index contributed by atoms with van der Waals surface area (Å²) in [5.74, 6) is 0. The van der Waals surface area contributed by atoms with Crippen LogP contribution in [-0.4, -0.2) is 13.6 Å². The van der Waals surface area contributed by atoms with Gasteiger partial charge in [0.25, 0.3) is 0 Å². The Balaban J connectivity index is 2.27. The average Bonchev–Trinajstić information content (AvgIpc) is 2.37. The third-order valence-corrected chi connectivity index (χ3v) is 2.77. The minimum atomic E-state index is 0.893. The highest BCUT2D eigenvalue weighted by Crippen LogP contribution is 2.22.